The Bertz CT molecular complexity index is 1190. The van der Waals surface area contributed by atoms with Crippen molar-refractivity contribution < 1.29 is 9.21 Å². The van der Waals surface area contributed by atoms with Crippen molar-refractivity contribution >= 4 is 5.91 Å². The standard InChI is InChI=1S/C27H25N3O2/c31-26(29-22-15-16-30(19-22)18-20-9-3-1-4-10-20)23-13-7-8-14-24(23)27-28-17-25(32-27)21-11-5-2-6-12-21/h1-14,17,22H,15-16,18-19H2,(H,29,31). The van der Waals surface area contributed by atoms with Gasteiger partial charge < -0.3 is 9.73 Å². The molecule has 1 amide bonds. The molecule has 0 spiro atoms. The number of carbonyl (C=O) groups excluding carboxylic acids is 1. The summed E-state index contributed by atoms with van der Waals surface area (Å²) >= 11 is 0. The second kappa shape index (κ2) is 9.20. The van der Waals surface area contributed by atoms with Gasteiger partial charge in [-0.1, -0.05) is 72.8 Å². The topological polar surface area (TPSA) is 58.4 Å². The highest BCUT2D eigenvalue weighted by Crippen LogP contribution is 2.28. The van der Waals surface area contributed by atoms with Crippen molar-refractivity contribution in [1.29, 1.82) is 0 Å². The number of rotatable bonds is 6. The van der Waals surface area contributed by atoms with Gasteiger partial charge in [0.2, 0.25) is 5.89 Å². The van der Waals surface area contributed by atoms with E-state index in [2.05, 4.69) is 39.5 Å². The summed E-state index contributed by atoms with van der Waals surface area (Å²) in [5, 5.41) is 3.21. The van der Waals surface area contributed by atoms with E-state index in [-0.39, 0.29) is 11.9 Å². The number of hydrogen-bond donors (Lipinski definition) is 1. The molecule has 5 nitrogen and oxygen atoms in total. The molecule has 3 aromatic carbocycles. The lowest BCUT2D eigenvalue weighted by Gasteiger charge is -2.17. The third-order valence-corrected chi connectivity index (χ3v) is 5.82. The summed E-state index contributed by atoms with van der Waals surface area (Å²) in [5.74, 6) is 1.04. The summed E-state index contributed by atoms with van der Waals surface area (Å²) < 4.78 is 6.00. The van der Waals surface area contributed by atoms with Crippen LogP contribution in [0.3, 0.4) is 0 Å². The van der Waals surface area contributed by atoms with Crippen LogP contribution in [-0.2, 0) is 6.54 Å². The van der Waals surface area contributed by atoms with Gasteiger partial charge >= 0.3 is 0 Å². The molecule has 0 aliphatic carbocycles. The largest absolute Gasteiger partial charge is 0.436 e. The van der Waals surface area contributed by atoms with Gasteiger partial charge in [0.25, 0.3) is 5.91 Å². The lowest BCUT2D eigenvalue weighted by atomic mass is 10.1. The van der Waals surface area contributed by atoms with Crippen LogP contribution in [0.25, 0.3) is 22.8 Å². The first-order chi connectivity index (χ1) is 15.8. The van der Waals surface area contributed by atoms with Crippen molar-refractivity contribution in [3.63, 3.8) is 0 Å². The second-order valence-electron chi connectivity index (χ2n) is 8.12. The molecule has 0 saturated carbocycles. The summed E-state index contributed by atoms with van der Waals surface area (Å²) in [5.41, 5.74) is 3.53. The first-order valence-corrected chi connectivity index (χ1v) is 10.9. The summed E-state index contributed by atoms with van der Waals surface area (Å²) in [6.07, 6.45) is 2.65. The molecular formula is C27H25N3O2. The molecule has 0 radical (unpaired) electrons. The van der Waals surface area contributed by atoms with Gasteiger partial charge in [-0.2, -0.15) is 0 Å². The molecule has 5 rings (SSSR count). The number of nitrogens with zero attached hydrogens (tertiary/aromatic N) is 2. The van der Waals surface area contributed by atoms with Crippen LogP contribution in [0.1, 0.15) is 22.3 Å². The minimum Gasteiger partial charge on any atom is -0.436 e. The van der Waals surface area contributed by atoms with Crippen molar-refractivity contribution in [3.05, 3.63) is 102 Å². The highest BCUT2D eigenvalue weighted by Gasteiger charge is 2.25. The van der Waals surface area contributed by atoms with E-state index in [1.165, 1.54) is 5.56 Å². The van der Waals surface area contributed by atoms with Crippen molar-refractivity contribution in [3.8, 4) is 22.8 Å². The molecule has 5 heteroatoms. The van der Waals surface area contributed by atoms with E-state index >= 15 is 0 Å². The van der Waals surface area contributed by atoms with Gasteiger partial charge in [-0.15, -0.1) is 0 Å². The average Bonchev–Trinajstić information content (AvgIpc) is 3.50. The molecule has 1 aliphatic heterocycles. The second-order valence-corrected chi connectivity index (χ2v) is 8.12. The summed E-state index contributed by atoms with van der Waals surface area (Å²) in [6.45, 7) is 2.73. The van der Waals surface area contributed by atoms with Crippen LogP contribution in [-0.4, -0.2) is 34.9 Å². The van der Waals surface area contributed by atoms with E-state index in [0.29, 0.717) is 22.8 Å². The Labute approximate surface area is 187 Å². The number of likely N-dealkylation sites (tertiary alicyclic amines) is 1. The Balaban J connectivity index is 1.28. The molecule has 1 aromatic heterocycles. The van der Waals surface area contributed by atoms with Crippen molar-refractivity contribution in [2.75, 3.05) is 13.1 Å². The average molecular weight is 424 g/mol. The molecule has 160 valence electrons. The van der Waals surface area contributed by atoms with Crippen LogP contribution < -0.4 is 5.32 Å². The zero-order valence-corrected chi connectivity index (χ0v) is 17.8. The first-order valence-electron chi connectivity index (χ1n) is 10.9. The zero-order chi connectivity index (χ0) is 21.8. The van der Waals surface area contributed by atoms with Crippen LogP contribution in [0.2, 0.25) is 0 Å². The fraction of sp³-hybridized carbons (Fsp3) is 0.185. The van der Waals surface area contributed by atoms with Gasteiger partial charge in [-0.05, 0) is 24.1 Å². The lowest BCUT2D eigenvalue weighted by Crippen LogP contribution is -2.37. The van der Waals surface area contributed by atoms with Crippen LogP contribution in [0.5, 0.6) is 0 Å². The van der Waals surface area contributed by atoms with Gasteiger partial charge in [0.1, 0.15) is 0 Å². The zero-order valence-electron chi connectivity index (χ0n) is 17.8. The molecule has 2 heterocycles. The van der Waals surface area contributed by atoms with Crippen LogP contribution in [0.4, 0.5) is 0 Å². The van der Waals surface area contributed by atoms with Crippen molar-refractivity contribution in [2.24, 2.45) is 0 Å². The first kappa shape index (κ1) is 20.2. The fourth-order valence-corrected chi connectivity index (χ4v) is 4.20. The third-order valence-electron chi connectivity index (χ3n) is 5.82. The number of aromatic nitrogens is 1. The minimum absolute atomic E-state index is 0.0911. The predicted octanol–water partition coefficient (Wildman–Crippen LogP) is 5.01. The molecule has 32 heavy (non-hydrogen) atoms. The quantitative estimate of drug-likeness (QED) is 0.473. The number of benzene rings is 3. The SMILES string of the molecule is O=C(NC1CCN(Cc2ccccc2)C1)c1ccccc1-c1ncc(-c2ccccc2)o1. The molecule has 4 aromatic rings. The number of nitrogens with one attached hydrogen (secondary N) is 1. The molecule has 1 N–H and O–H groups in total. The summed E-state index contributed by atoms with van der Waals surface area (Å²) in [4.78, 5) is 20.0. The Morgan fingerprint density at radius 1 is 0.969 bits per heavy atom. The van der Waals surface area contributed by atoms with E-state index in [1.807, 2.05) is 60.7 Å². The highest BCUT2D eigenvalue weighted by molar-refractivity contribution is 6.00. The van der Waals surface area contributed by atoms with Gasteiger partial charge in [-0.3, -0.25) is 9.69 Å². The van der Waals surface area contributed by atoms with Crippen LogP contribution in [0.15, 0.2) is 95.5 Å². The smallest absolute Gasteiger partial charge is 0.252 e. The van der Waals surface area contributed by atoms with E-state index < -0.39 is 0 Å². The minimum atomic E-state index is -0.0911. The molecule has 1 atom stereocenters. The fourth-order valence-electron chi connectivity index (χ4n) is 4.20. The Hall–Kier alpha value is -3.70. The van der Waals surface area contributed by atoms with Crippen molar-refractivity contribution in [2.45, 2.75) is 19.0 Å². The monoisotopic (exact) mass is 423 g/mol. The van der Waals surface area contributed by atoms with Gasteiger partial charge in [0.05, 0.1) is 11.8 Å². The van der Waals surface area contributed by atoms with Gasteiger partial charge in [0, 0.05) is 36.8 Å². The molecular weight excluding hydrogens is 398 g/mol. The number of amides is 1. The van der Waals surface area contributed by atoms with Crippen LogP contribution >= 0.6 is 0 Å². The predicted molar refractivity (Wildman–Crippen MR) is 125 cm³/mol. The number of carbonyl (C=O) groups is 1. The van der Waals surface area contributed by atoms with Gasteiger partial charge in [0.15, 0.2) is 5.76 Å². The van der Waals surface area contributed by atoms with E-state index in [9.17, 15) is 4.79 Å². The maximum Gasteiger partial charge on any atom is 0.252 e. The summed E-state index contributed by atoms with van der Waals surface area (Å²) in [6, 6.07) is 27.9. The Kier molecular flexibility index (Phi) is 5.81. The normalized spacial score (nSPS) is 16.2. The molecule has 0 bridgehead atoms. The van der Waals surface area contributed by atoms with E-state index in [4.69, 9.17) is 4.42 Å². The maximum absolute atomic E-state index is 13.1. The molecule has 1 unspecified atom stereocenters. The third kappa shape index (κ3) is 4.48. The van der Waals surface area contributed by atoms with E-state index in [0.717, 1.165) is 31.6 Å². The maximum atomic E-state index is 13.1. The number of hydrogen-bond acceptors (Lipinski definition) is 4. The molecule has 1 aliphatic rings. The van der Waals surface area contributed by atoms with Crippen molar-refractivity contribution in [1.82, 2.24) is 15.2 Å². The molecule has 1 fully saturated rings. The summed E-state index contributed by atoms with van der Waals surface area (Å²) in [7, 11) is 0. The van der Waals surface area contributed by atoms with Gasteiger partial charge in [-0.25, -0.2) is 4.98 Å². The highest BCUT2D eigenvalue weighted by atomic mass is 16.4. The van der Waals surface area contributed by atoms with Crippen LogP contribution in [0, 0.1) is 0 Å². The molecule has 1 saturated heterocycles. The lowest BCUT2D eigenvalue weighted by molar-refractivity contribution is 0.0938. The number of oxazole rings is 1. The Morgan fingerprint density at radius 2 is 1.69 bits per heavy atom. The Morgan fingerprint density at radius 3 is 2.50 bits per heavy atom. The van der Waals surface area contributed by atoms with E-state index in [1.54, 1.807) is 6.20 Å².